The molecule has 0 aliphatic rings. The molecule has 0 heterocycles. The molecule has 0 unspecified atom stereocenters. The van der Waals surface area contributed by atoms with Gasteiger partial charge in [-0.15, -0.1) is 0 Å². The zero-order valence-electron chi connectivity index (χ0n) is 14.8. The van der Waals surface area contributed by atoms with E-state index in [0.29, 0.717) is 23.7 Å². The number of hydrogen-bond donors (Lipinski definition) is 2. The maximum absolute atomic E-state index is 12.5. The lowest BCUT2D eigenvalue weighted by Gasteiger charge is -2.13. The Bertz CT molecular complexity index is 913. The van der Waals surface area contributed by atoms with Gasteiger partial charge in [-0.3, -0.25) is 4.79 Å². The van der Waals surface area contributed by atoms with Crippen molar-refractivity contribution < 1.29 is 17.9 Å². The Kier molecular flexibility index (Phi) is 6.63. The number of rotatable bonds is 7. The molecule has 0 aliphatic heterocycles. The van der Waals surface area contributed by atoms with E-state index < -0.39 is 15.9 Å². The van der Waals surface area contributed by atoms with Crippen LogP contribution in [0.15, 0.2) is 41.3 Å². The van der Waals surface area contributed by atoms with Crippen LogP contribution < -0.4 is 14.8 Å². The van der Waals surface area contributed by atoms with Crippen LogP contribution in [0.25, 0.3) is 0 Å². The van der Waals surface area contributed by atoms with E-state index in [1.165, 1.54) is 25.3 Å². The molecule has 0 aliphatic carbocycles. The van der Waals surface area contributed by atoms with E-state index >= 15 is 0 Å². The molecule has 0 aromatic heterocycles. The fourth-order valence-corrected chi connectivity index (χ4v) is 3.86. The standard InChI is InChI=1S/C18H21ClN2O4S/c1-4-9-20-26(23,24)17-11-13(5-8-16(17)25-3)18(22)21-15-7-6-14(19)10-12(15)2/h5-8,10-11,20H,4,9H2,1-3H3,(H,21,22). The third-order valence-corrected chi connectivity index (χ3v) is 5.41. The Morgan fingerprint density at radius 1 is 1.19 bits per heavy atom. The van der Waals surface area contributed by atoms with Crippen molar-refractivity contribution in [3.8, 4) is 5.75 Å². The fourth-order valence-electron chi connectivity index (χ4n) is 2.30. The van der Waals surface area contributed by atoms with E-state index in [9.17, 15) is 13.2 Å². The molecule has 140 valence electrons. The molecule has 0 saturated heterocycles. The number of carbonyl (C=O) groups excluding carboxylic acids is 1. The lowest BCUT2D eigenvalue weighted by atomic mass is 10.1. The molecule has 0 fully saturated rings. The van der Waals surface area contributed by atoms with Crippen LogP contribution in [-0.2, 0) is 10.0 Å². The molecule has 8 heteroatoms. The van der Waals surface area contributed by atoms with Crippen LogP contribution in [0.3, 0.4) is 0 Å². The molecule has 1 amide bonds. The Morgan fingerprint density at radius 3 is 2.54 bits per heavy atom. The van der Waals surface area contributed by atoms with Gasteiger partial charge in [0.05, 0.1) is 7.11 Å². The number of aryl methyl sites for hydroxylation is 1. The van der Waals surface area contributed by atoms with Gasteiger partial charge in [-0.2, -0.15) is 0 Å². The summed E-state index contributed by atoms with van der Waals surface area (Å²) in [4.78, 5) is 12.5. The van der Waals surface area contributed by atoms with E-state index in [0.717, 1.165) is 5.56 Å². The van der Waals surface area contributed by atoms with Crippen molar-refractivity contribution in [2.24, 2.45) is 0 Å². The largest absolute Gasteiger partial charge is 0.495 e. The number of carbonyl (C=O) groups is 1. The summed E-state index contributed by atoms with van der Waals surface area (Å²) >= 11 is 5.92. The topological polar surface area (TPSA) is 84.5 Å². The predicted molar refractivity (Wildman–Crippen MR) is 103 cm³/mol. The first-order chi connectivity index (χ1) is 12.3. The third kappa shape index (κ3) is 4.75. The highest BCUT2D eigenvalue weighted by atomic mass is 35.5. The number of benzene rings is 2. The highest BCUT2D eigenvalue weighted by Gasteiger charge is 2.21. The maximum Gasteiger partial charge on any atom is 0.255 e. The molecular formula is C18H21ClN2O4S. The summed E-state index contributed by atoms with van der Waals surface area (Å²) in [5, 5.41) is 3.33. The smallest absolute Gasteiger partial charge is 0.255 e. The first kappa shape index (κ1) is 20.2. The molecule has 2 aromatic carbocycles. The van der Waals surface area contributed by atoms with Gasteiger partial charge in [0.2, 0.25) is 10.0 Å². The van der Waals surface area contributed by atoms with Crippen molar-refractivity contribution in [1.82, 2.24) is 4.72 Å². The monoisotopic (exact) mass is 396 g/mol. The Balaban J connectivity index is 2.35. The average molecular weight is 397 g/mol. The van der Waals surface area contributed by atoms with Gasteiger partial charge in [-0.25, -0.2) is 13.1 Å². The maximum atomic E-state index is 12.5. The molecule has 0 atom stereocenters. The number of sulfonamides is 1. The zero-order valence-corrected chi connectivity index (χ0v) is 16.4. The van der Waals surface area contributed by atoms with Crippen molar-refractivity contribution in [2.45, 2.75) is 25.2 Å². The number of hydrogen-bond acceptors (Lipinski definition) is 4. The van der Waals surface area contributed by atoms with E-state index in [-0.39, 0.29) is 16.2 Å². The van der Waals surface area contributed by atoms with Gasteiger partial charge in [-0.1, -0.05) is 18.5 Å². The number of halogens is 1. The van der Waals surface area contributed by atoms with Crippen LogP contribution in [0.5, 0.6) is 5.75 Å². The van der Waals surface area contributed by atoms with Gasteiger partial charge in [0.15, 0.2) is 0 Å². The lowest BCUT2D eigenvalue weighted by Crippen LogP contribution is -2.25. The third-order valence-electron chi connectivity index (χ3n) is 3.69. The summed E-state index contributed by atoms with van der Waals surface area (Å²) < 4.78 is 32.5. The Hall–Kier alpha value is -2.09. The van der Waals surface area contributed by atoms with E-state index in [2.05, 4.69) is 10.0 Å². The van der Waals surface area contributed by atoms with Crippen LogP contribution in [0, 0.1) is 6.92 Å². The van der Waals surface area contributed by atoms with Crippen molar-refractivity contribution in [2.75, 3.05) is 19.0 Å². The zero-order chi connectivity index (χ0) is 19.3. The van der Waals surface area contributed by atoms with Crippen molar-refractivity contribution >= 4 is 33.2 Å². The second-order valence-electron chi connectivity index (χ2n) is 5.68. The quantitative estimate of drug-likeness (QED) is 0.748. The highest BCUT2D eigenvalue weighted by Crippen LogP contribution is 2.26. The summed E-state index contributed by atoms with van der Waals surface area (Å²) in [6.07, 6.45) is 0.650. The summed E-state index contributed by atoms with van der Waals surface area (Å²) in [7, 11) is -2.40. The predicted octanol–water partition coefficient (Wildman–Crippen LogP) is 3.60. The molecular weight excluding hydrogens is 376 g/mol. The van der Waals surface area contributed by atoms with Crippen LogP contribution in [-0.4, -0.2) is 28.0 Å². The minimum atomic E-state index is -3.78. The molecule has 0 bridgehead atoms. The van der Waals surface area contributed by atoms with Crippen LogP contribution >= 0.6 is 11.6 Å². The van der Waals surface area contributed by atoms with Crippen molar-refractivity contribution in [3.05, 3.63) is 52.5 Å². The molecule has 2 aromatic rings. The molecule has 2 N–H and O–H groups in total. The lowest BCUT2D eigenvalue weighted by molar-refractivity contribution is 0.102. The summed E-state index contributed by atoms with van der Waals surface area (Å²) in [6, 6.07) is 9.37. The van der Waals surface area contributed by atoms with E-state index in [1.807, 2.05) is 13.8 Å². The normalized spacial score (nSPS) is 11.2. The molecule has 0 spiro atoms. The van der Waals surface area contributed by atoms with Gasteiger partial charge in [0, 0.05) is 22.8 Å². The van der Waals surface area contributed by atoms with E-state index in [4.69, 9.17) is 16.3 Å². The van der Waals surface area contributed by atoms with Crippen molar-refractivity contribution in [3.63, 3.8) is 0 Å². The van der Waals surface area contributed by atoms with Crippen LogP contribution in [0.4, 0.5) is 5.69 Å². The number of methoxy groups -OCH3 is 1. The number of anilines is 1. The number of nitrogens with one attached hydrogen (secondary N) is 2. The number of ether oxygens (including phenoxy) is 1. The second kappa shape index (κ2) is 8.53. The van der Waals surface area contributed by atoms with Crippen LogP contribution in [0.1, 0.15) is 29.3 Å². The van der Waals surface area contributed by atoms with Gasteiger partial charge in [0.1, 0.15) is 10.6 Å². The van der Waals surface area contributed by atoms with Gasteiger partial charge in [-0.05, 0) is 55.3 Å². The van der Waals surface area contributed by atoms with Crippen molar-refractivity contribution in [1.29, 1.82) is 0 Å². The fraction of sp³-hybridized carbons (Fsp3) is 0.278. The molecule has 0 radical (unpaired) electrons. The summed E-state index contributed by atoms with van der Waals surface area (Å²) in [5.74, 6) is -0.252. The molecule has 26 heavy (non-hydrogen) atoms. The van der Waals surface area contributed by atoms with E-state index in [1.54, 1.807) is 18.2 Å². The number of amides is 1. The minimum absolute atomic E-state index is 0.0751. The first-order valence-electron chi connectivity index (χ1n) is 8.03. The first-order valence-corrected chi connectivity index (χ1v) is 9.89. The SMILES string of the molecule is CCCNS(=O)(=O)c1cc(C(=O)Nc2ccc(Cl)cc2C)ccc1OC. The average Bonchev–Trinajstić information content (AvgIpc) is 2.61. The second-order valence-corrected chi connectivity index (χ2v) is 7.85. The van der Waals surface area contributed by atoms with Crippen LogP contribution in [0.2, 0.25) is 5.02 Å². The Labute approximate surface area is 158 Å². The summed E-state index contributed by atoms with van der Waals surface area (Å²) in [6.45, 7) is 3.98. The summed E-state index contributed by atoms with van der Waals surface area (Å²) in [5.41, 5.74) is 1.61. The molecule has 2 rings (SSSR count). The highest BCUT2D eigenvalue weighted by molar-refractivity contribution is 7.89. The van der Waals surface area contributed by atoms with Gasteiger partial charge in [0.25, 0.3) is 5.91 Å². The van der Waals surface area contributed by atoms with Gasteiger partial charge >= 0.3 is 0 Å². The molecule has 0 saturated carbocycles. The van der Waals surface area contributed by atoms with Gasteiger partial charge < -0.3 is 10.1 Å². The molecule has 6 nitrogen and oxygen atoms in total. The minimum Gasteiger partial charge on any atom is -0.495 e. The Morgan fingerprint density at radius 2 is 1.92 bits per heavy atom.